The first-order valence-corrected chi connectivity index (χ1v) is 7.93. The molecule has 1 nitrogen and oxygen atoms in total. The molecule has 0 aromatic carbocycles. The van der Waals surface area contributed by atoms with Crippen molar-refractivity contribution in [3.63, 3.8) is 0 Å². The van der Waals surface area contributed by atoms with Gasteiger partial charge in [0.05, 0.1) is 0 Å². The highest BCUT2D eigenvalue weighted by Gasteiger charge is 2.33. The SMILES string of the molecule is C[C@@H](NC(c1cccs1)C1CC1)c1cccs1. The van der Waals surface area contributed by atoms with Crippen LogP contribution in [0.1, 0.15) is 41.6 Å². The van der Waals surface area contributed by atoms with Crippen molar-refractivity contribution in [1.82, 2.24) is 5.32 Å². The molecule has 0 radical (unpaired) electrons. The van der Waals surface area contributed by atoms with Crippen LogP contribution in [-0.2, 0) is 0 Å². The van der Waals surface area contributed by atoms with Crippen LogP contribution < -0.4 is 5.32 Å². The zero-order valence-corrected chi connectivity index (χ0v) is 11.6. The van der Waals surface area contributed by atoms with E-state index in [-0.39, 0.29) is 0 Å². The summed E-state index contributed by atoms with van der Waals surface area (Å²) < 4.78 is 0. The Balaban J connectivity index is 1.73. The summed E-state index contributed by atoms with van der Waals surface area (Å²) in [5.74, 6) is 0.857. The molecule has 1 N–H and O–H groups in total. The number of rotatable bonds is 5. The summed E-state index contributed by atoms with van der Waals surface area (Å²) in [4.78, 5) is 2.93. The lowest BCUT2D eigenvalue weighted by molar-refractivity contribution is 0.436. The normalized spacial score (nSPS) is 19.1. The Morgan fingerprint density at radius 2 is 1.76 bits per heavy atom. The lowest BCUT2D eigenvalue weighted by Gasteiger charge is -2.21. The maximum absolute atomic E-state index is 3.80. The molecule has 2 heterocycles. The van der Waals surface area contributed by atoms with Gasteiger partial charge in [-0.25, -0.2) is 0 Å². The van der Waals surface area contributed by atoms with Gasteiger partial charge in [0.15, 0.2) is 0 Å². The van der Waals surface area contributed by atoms with E-state index in [4.69, 9.17) is 0 Å². The quantitative estimate of drug-likeness (QED) is 0.830. The minimum absolute atomic E-state index is 0.461. The molecule has 1 saturated carbocycles. The fraction of sp³-hybridized carbons (Fsp3) is 0.429. The van der Waals surface area contributed by atoms with Gasteiger partial charge in [-0.05, 0) is 48.6 Å². The third kappa shape index (κ3) is 2.62. The van der Waals surface area contributed by atoms with E-state index in [1.54, 1.807) is 0 Å². The van der Waals surface area contributed by atoms with E-state index in [2.05, 4.69) is 47.3 Å². The summed E-state index contributed by atoms with van der Waals surface area (Å²) in [5, 5.41) is 8.14. The monoisotopic (exact) mass is 263 g/mol. The Morgan fingerprint density at radius 1 is 1.12 bits per heavy atom. The lowest BCUT2D eigenvalue weighted by atomic mass is 10.1. The molecule has 1 aliphatic carbocycles. The van der Waals surface area contributed by atoms with Gasteiger partial charge in [0.25, 0.3) is 0 Å². The van der Waals surface area contributed by atoms with Crippen molar-refractivity contribution in [2.75, 3.05) is 0 Å². The molecule has 1 fully saturated rings. The van der Waals surface area contributed by atoms with E-state index in [0.29, 0.717) is 12.1 Å². The van der Waals surface area contributed by atoms with Gasteiger partial charge >= 0.3 is 0 Å². The number of hydrogen-bond acceptors (Lipinski definition) is 3. The molecular weight excluding hydrogens is 246 g/mol. The van der Waals surface area contributed by atoms with Gasteiger partial charge < -0.3 is 5.32 Å². The molecule has 1 aliphatic rings. The Bertz CT molecular complexity index is 443. The van der Waals surface area contributed by atoms with Gasteiger partial charge in [-0.2, -0.15) is 0 Å². The molecular formula is C14H17NS2. The highest BCUT2D eigenvalue weighted by molar-refractivity contribution is 7.10. The molecule has 1 unspecified atom stereocenters. The van der Waals surface area contributed by atoms with Crippen molar-refractivity contribution in [2.24, 2.45) is 5.92 Å². The van der Waals surface area contributed by atoms with Crippen LogP contribution in [0.2, 0.25) is 0 Å². The van der Waals surface area contributed by atoms with Gasteiger partial charge in [-0.3, -0.25) is 0 Å². The van der Waals surface area contributed by atoms with Gasteiger partial charge in [0.1, 0.15) is 0 Å². The molecule has 0 amide bonds. The maximum Gasteiger partial charge on any atom is 0.0448 e. The van der Waals surface area contributed by atoms with Crippen molar-refractivity contribution in [2.45, 2.75) is 31.8 Å². The van der Waals surface area contributed by atoms with Crippen LogP contribution >= 0.6 is 22.7 Å². The Labute approximate surface area is 111 Å². The predicted molar refractivity (Wildman–Crippen MR) is 75.7 cm³/mol. The second-order valence-corrected chi connectivity index (χ2v) is 6.69. The van der Waals surface area contributed by atoms with Crippen molar-refractivity contribution in [3.05, 3.63) is 44.8 Å². The summed E-state index contributed by atoms with van der Waals surface area (Å²) in [6, 6.07) is 9.81. The Kier molecular flexibility index (Phi) is 3.32. The Morgan fingerprint density at radius 3 is 2.29 bits per heavy atom. The number of nitrogens with one attached hydrogen (secondary N) is 1. The fourth-order valence-electron chi connectivity index (χ4n) is 2.24. The highest BCUT2D eigenvalue weighted by Crippen LogP contribution is 2.43. The molecule has 3 heteroatoms. The zero-order valence-electron chi connectivity index (χ0n) is 9.93. The fourth-order valence-corrected chi connectivity index (χ4v) is 3.86. The minimum Gasteiger partial charge on any atom is -0.302 e. The number of thiophene rings is 2. The van der Waals surface area contributed by atoms with Crippen LogP contribution in [0.15, 0.2) is 35.0 Å². The zero-order chi connectivity index (χ0) is 11.7. The molecule has 0 aliphatic heterocycles. The summed E-state index contributed by atoms with van der Waals surface area (Å²) in [7, 11) is 0. The minimum atomic E-state index is 0.461. The average molecular weight is 263 g/mol. The average Bonchev–Trinajstić information content (AvgIpc) is 2.87. The predicted octanol–water partition coefficient (Wildman–Crippen LogP) is 4.61. The summed E-state index contributed by atoms with van der Waals surface area (Å²) in [6.07, 6.45) is 2.76. The van der Waals surface area contributed by atoms with E-state index < -0.39 is 0 Å². The van der Waals surface area contributed by atoms with Crippen molar-refractivity contribution < 1.29 is 0 Å². The molecule has 90 valence electrons. The van der Waals surface area contributed by atoms with Crippen LogP contribution in [0.4, 0.5) is 0 Å². The molecule has 2 aromatic heterocycles. The van der Waals surface area contributed by atoms with Crippen molar-refractivity contribution in [3.8, 4) is 0 Å². The molecule has 3 rings (SSSR count). The molecule has 17 heavy (non-hydrogen) atoms. The van der Waals surface area contributed by atoms with Crippen LogP contribution in [0, 0.1) is 5.92 Å². The van der Waals surface area contributed by atoms with E-state index in [0.717, 1.165) is 5.92 Å². The number of hydrogen-bond donors (Lipinski definition) is 1. The third-order valence-corrected chi connectivity index (χ3v) is 5.35. The second kappa shape index (κ2) is 4.92. The molecule has 0 saturated heterocycles. The smallest absolute Gasteiger partial charge is 0.0448 e. The first-order chi connectivity index (χ1) is 8.34. The summed E-state index contributed by atoms with van der Waals surface area (Å²) in [5.41, 5.74) is 0. The van der Waals surface area contributed by atoms with Crippen LogP contribution in [0.3, 0.4) is 0 Å². The topological polar surface area (TPSA) is 12.0 Å². The molecule has 0 bridgehead atoms. The van der Waals surface area contributed by atoms with Gasteiger partial charge in [0.2, 0.25) is 0 Å². The van der Waals surface area contributed by atoms with E-state index in [1.807, 2.05) is 22.7 Å². The third-order valence-electron chi connectivity index (χ3n) is 3.34. The van der Waals surface area contributed by atoms with Gasteiger partial charge in [-0.1, -0.05) is 12.1 Å². The Hall–Kier alpha value is -0.640. The second-order valence-electron chi connectivity index (χ2n) is 4.73. The highest BCUT2D eigenvalue weighted by atomic mass is 32.1. The van der Waals surface area contributed by atoms with Crippen LogP contribution in [0.25, 0.3) is 0 Å². The summed E-state index contributed by atoms with van der Waals surface area (Å²) >= 11 is 3.72. The van der Waals surface area contributed by atoms with Gasteiger partial charge in [-0.15, -0.1) is 22.7 Å². The van der Waals surface area contributed by atoms with Crippen LogP contribution in [0.5, 0.6) is 0 Å². The van der Waals surface area contributed by atoms with E-state index in [1.165, 1.54) is 22.6 Å². The van der Waals surface area contributed by atoms with E-state index in [9.17, 15) is 0 Å². The van der Waals surface area contributed by atoms with Crippen molar-refractivity contribution in [1.29, 1.82) is 0 Å². The van der Waals surface area contributed by atoms with Crippen LogP contribution in [-0.4, -0.2) is 0 Å². The van der Waals surface area contributed by atoms with Crippen molar-refractivity contribution >= 4 is 22.7 Å². The molecule has 2 aromatic rings. The van der Waals surface area contributed by atoms with Gasteiger partial charge in [0, 0.05) is 21.8 Å². The summed E-state index contributed by atoms with van der Waals surface area (Å²) in [6.45, 7) is 2.27. The lowest BCUT2D eigenvalue weighted by Crippen LogP contribution is -2.25. The maximum atomic E-state index is 3.80. The van der Waals surface area contributed by atoms with E-state index >= 15 is 0 Å². The first-order valence-electron chi connectivity index (χ1n) is 6.17. The molecule has 2 atom stereocenters. The first kappa shape index (κ1) is 11.5. The largest absolute Gasteiger partial charge is 0.302 e. The standard InChI is InChI=1S/C14H17NS2/c1-10(12-4-2-8-16-12)15-14(11-6-7-11)13-5-3-9-17-13/h2-5,8-11,14-15H,6-7H2,1H3/t10-,14?/m1/s1. The molecule has 0 spiro atoms.